The Hall–Kier alpha value is -1.78. The summed E-state index contributed by atoms with van der Waals surface area (Å²) >= 11 is 11.8. The predicted molar refractivity (Wildman–Crippen MR) is 82.5 cm³/mol. The molecule has 2 atom stereocenters. The largest absolute Gasteiger partial charge is 0.327 e. The van der Waals surface area contributed by atoms with Crippen molar-refractivity contribution in [1.82, 2.24) is 15.6 Å². The van der Waals surface area contributed by atoms with Crippen LogP contribution in [0.2, 0.25) is 10.0 Å². The van der Waals surface area contributed by atoms with Gasteiger partial charge in [0.1, 0.15) is 0 Å². The summed E-state index contributed by atoms with van der Waals surface area (Å²) in [5, 5.41) is 7.08. The Balaban J connectivity index is 2.04. The Bertz CT molecular complexity index is 672. The molecule has 0 saturated carbocycles. The zero-order valence-electron chi connectivity index (χ0n) is 11.2. The number of nitrogens with one attached hydrogen (secondary N) is 2. The van der Waals surface area contributed by atoms with Crippen molar-refractivity contribution < 1.29 is 4.79 Å². The molecule has 1 aromatic carbocycles. The van der Waals surface area contributed by atoms with E-state index in [0.29, 0.717) is 10.0 Å². The second kappa shape index (κ2) is 5.20. The third kappa shape index (κ3) is 2.57. The summed E-state index contributed by atoms with van der Waals surface area (Å²) in [6, 6.07) is 10.5. The van der Waals surface area contributed by atoms with Gasteiger partial charge in [-0.25, -0.2) is 4.79 Å². The minimum Gasteiger partial charge on any atom is -0.327 e. The van der Waals surface area contributed by atoms with E-state index in [1.807, 2.05) is 25.1 Å². The van der Waals surface area contributed by atoms with Crippen LogP contribution in [0.1, 0.15) is 24.2 Å². The van der Waals surface area contributed by atoms with Gasteiger partial charge in [0, 0.05) is 11.2 Å². The molecule has 2 aromatic rings. The fourth-order valence-electron chi connectivity index (χ4n) is 2.58. The highest BCUT2D eigenvalue weighted by Gasteiger charge is 2.45. The lowest BCUT2D eigenvalue weighted by Gasteiger charge is -2.30. The van der Waals surface area contributed by atoms with Gasteiger partial charge >= 0.3 is 6.03 Å². The molecule has 1 fully saturated rings. The molecule has 2 heterocycles. The first kappa shape index (κ1) is 14.2. The van der Waals surface area contributed by atoms with Crippen LogP contribution >= 0.6 is 23.2 Å². The second-order valence-corrected chi connectivity index (χ2v) is 6.01. The summed E-state index contributed by atoms with van der Waals surface area (Å²) in [5.41, 5.74) is 1.09. The Morgan fingerprint density at radius 3 is 2.38 bits per heavy atom. The van der Waals surface area contributed by atoms with Crippen molar-refractivity contribution >= 4 is 29.2 Å². The molecule has 1 saturated heterocycles. The average molecular weight is 322 g/mol. The molecule has 4 nitrogen and oxygen atoms in total. The van der Waals surface area contributed by atoms with Gasteiger partial charge in [0.15, 0.2) is 0 Å². The fraction of sp³-hybridized carbons (Fsp3) is 0.200. The predicted octanol–water partition coefficient (Wildman–Crippen LogP) is 3.66. The van der Waals surface area contributed by atoms with Crippen LogP contribution in [0.25, 0.3) is 0 Å². The third-order valence-corrected chi connectivity index (χ3v) is 4.19. The van der Waals surface area contributed by atoms with Crippen LogP contribution in [0.15, 0.2) is 42.6 Å². The molecule has 1 aliphatic rings. The number of amides is 2. The standard InChI is InChI=1S/C15H13Cl2N3O/c1-15(9-2-4-10(16)5-3-9)13(19-14(21)20-15)12-7-6-11(17)8-18-12/h2-8,13H,1H3,(H2,19,20,21). The minimum absolute atomic E-state index is 0.228. The molecule has 1 aliphatic heterocycles. The highest BCUT2D eigenvalue weighted by Crippen LogP contribution is 2.38. The van der Waals surface area contributed by atoms with Gasteiger partial charge in [-0.2, -0.15) is 0 Å². The van der Waals surface area contributed by atoms with Crippen molar-refractivity contribution in [3.05, 3.63) is 63.9 Å². The fourth-order valence-corrected chi connectivity index (χ4v) is 2.82. The number of hydrogen-bond donors (Lipinski definition) is 2. The molecule has 2 unspecified atom stereocenters. The van der Waals surface area contributed by atoms with Crippen molar-refractivity contribution in [2.75, 3.05) is 0 Å². The lowest BCUT2D eigenvalue weighted by atomic mass is 9.84. The average Bonchev–Trinajstić information content (AvgIpc) is 2.76. The van der Waals surface area contributed by atoms with Crippen molar-refractivity contribution in [3.8, 4) is 0 Å². The topological polar surface area (TPSA) is 54.0 Å². The molecule has 0 radical (unpaired) electrons. The van der Waals surface area contributed by atoms with Crippen LogP contribution < -0.4 is 10.6 Å². The molecular weight excluding hydrogens is 309 g/mol. The molecule has 21 heavy (non-hydrogen) atoms. The Morgan fingerprint density at radius 1 is 1.10 bits per heavy atom. The van der Waals surface area contributed by atoms with E-state index in [2.05, 4.69) is 15.6 Å². The SMILES string of the molecule is CC1(c2ccc(Cl)cc2)NC(=O)NC1c1ccc(Cl)cn1. The first-order chi connectivity index (χ1) is 9.99. The van der Waals surface area contributed by atoms with Gasteiger partial charge in [0.2, 0.25) is 0 Å². The molecule has 108 valence electrons. The Morgan fingerprint density at radius 2 is 1.76 bits per heavy atom. The summed E-state index contributed by atoms with van der Waals surface area (Å²) in [6.45, 7) is 1.95. The van der Waals surface area contributed by atoms with Gasteiger partial charge in [0.25, 0.3) is 0 Å². The van der Waals surface area contributed by atoms with Gasteiger partial charge in [-0.1, -0.05) is 35.3 Å². The summed E-state index contributed by atoms with van der Waals surface area (Å²) in [5.74, 6) is 0. The summed E-state index contributed by atoms with van der Waals surface area (Å²) in [4.78, 5) is 16.2. The van der Waals surface area contributed by atoms with E-state index >= 15 is 0 Å². The highest BCUT2D eigenvalue weighted by molar-refractivity contribution is 6.30. The van der Waals surface area contributed by atoms with E-state index in [-0.39, 0.29) is 12.1 Å². The van der Waals surface area contributed by atoms with Crippen molar-refractivity contribution in [1.29, 1.82) is 0 Å². The summed E-state index contributed by atoms with van der Waals surface area (Å²) < 4.78 is 0. The number of urea groups is 1. The van der Waals surface area contributed by atoms with Gasteiger partial charge in [-0.05, 0) is 36.8 Å². The van der Waals surface area contributed by atoms with E-state index < -0.39 is 5.54 Å². The molecular formula is C15H13Cl2N3O. The van der Waals surface area contributed by atoms with Crippen LogP contribution in [0.3, 0.4) is 0 Å². The first-order valence-corrected chi connectivity index (χ1v) is 7.21. The zero-order valence-corrected chi connectivity index (χ0v) is 12.7. The summed E-state index contributed by atoms with van der Waals surface area (Å²) in [6.07, 6.45) is 1.57. The van der Waals surface area contributed by atoms with E-state index in [1.54, 1.807) is 24.4 Å². The van der Waals surface area contributed by atoms with Crippen LogP contribution in [-0.4, -0.2) is 11.0 Å². The third-order valence-electron chi connectivity index (χ3n) is 3.72. The van der Waals surface area contributed by atoms with Crippen molar-refractivity contribution in [3.63, 3.8) is 0 Å². The van der Waals surface area contributed by atoms with E-state index in [4.69, 9.17) is 23.2 Å². The maximum absolute atomic E-state index is 11.8. The van der Waals surface area contributed by atoms with Crippen LogP contribution in [0.5, 0.6) is 0 Å². The van der Waals surface area contributed by atoms with Crippen LogP contribution in [0, 0.1) is 0 Å². The number of rotatable bonds is 2. The molecule has 0 aliphatic carbocycles. The van der Waals surface area contributed by atoms with Crippen LogP contribution in [0.4, 0.5) is 4.79 Å². The number of halogens is 2. The molecule has 1 aromatic heterocycles. The Kier molecular flexibility index (Phi) is 3.51. The number of pyridine rings is 1. The maximum Gasteiger partial charge on any atom is 0.316 e. The first-order valence-electron chi connectivity index (χ1n) is 6.45. The zero-order chi connectivity index (χ0) is 15.0. The molecule has 0 bridgehead atoms. The molecule has 2 N–H and O–H groups in total. The molecule has 2 amide bonds. The number of hydrogen-bond acceptors (Lipinski definition) is 2. The van der Waals surface area contributed by atoms with E-state index in [9.17, 15) is 4.79 Å². The Labute approximate surface area is 132 Å². The normalized spacial score (nSPS) is 24.5. The monoisotopic (exact) mass is 321 g/mol. The number of aromatic nitrogens is 1. The lowest BCUT2D eigenvalue weighted by molar-refractivity contribution is 0.245. The van der Waals surface area contributed by atoms with Gasteiger partial charge in [-0.15, -0.1) is 0 Å². The van der Waals surface area contributed by atoms with Gasteiger partial charge < -0.3 is 10.6 Å². The van der Waals surface area contributed by atoms with Crippen molar-refractivity contribution in [2.24, 2.45) is 0 Å². The molecule has 0 spiro atoms. The highest BCUT2D eigenvalue weighted by atomic mass is 35.5. The van der Waals surface area contributed by atoms with Crippen molar-refractivity contribution in [2.45, 2.75) is 18.5 Å². The van der Waals surface area contributed by atoms with Gasteiger partial charge in [0.05, 0.1) is 22.3 Å². The number of carbonyl (C=O) groups excluding carboxylic acids is 1. The van der Waals surface area contributed by atoms with Gasteiger partial charge in [-0.3, -0.25) is 4.98 Å². The van der Waals surface area contributed by atoms with E-state index in [1.165, 1.54) is 0 Å². The maximum atomic E-state index is 11.8. The van der Waals surface area contributed by atoms with Crippen LogP contribution in [-0.2, 0) is 5.54 Å². The van der Waals surface area contributed by atoms with E-state index in [0.717, 1.165) is 11.3 Å². The number of nitrogens with zero attached hydrogens (tertiary/aromatic N) is 1. The summed E-state index contributed by atoms with van der Waals surface area (Å²) in [7, 11) is 0. The molecule has 3 rings (SSSR count). The number of benzene rings is 1. The number of carbonyl (C=O) groups is 1. The quantitative estimate of drug-likeness (QED) is 0.886. The lowest BCUT2D eigenvalue weighted by Crippen LogP contribution is -2.39. The molecule has 6 heteroatoms. The second-order valence-electron chi connectivity index (χ2n) is 5.14. The minimum atomic E-state index is -0.609. The smallest absolute Gasteiger partial charge is 0.316 e.